The molecule has 4 rings (SSSR count). The van der Waals surface area contributed by atoms with Gasteiger partial charge in [0.1, 0.15) is 7.05 Å². The summed E-state index contributed by atoms with van der Waals surface area (Å²) >= 11 is 0. The predicted octanol–water partition coefficient (Wildman–Crippen LogP) is 9.09. The number of fused-ring (bicyclic) bond motifs is 2. The third kappa shape index (κ3) is 5.54. The van der Waals surface area contributed by atoms with Gasteiger partial charge in [-0.15, -0.1) is 0 Å². The molecule has 0 atom stereocenters. The van der Waals surface area contributed by atoms with Gasteiger partial charge in [-0.3, -0.25) is 0 Å². The van der Waals surface area contributed by atoms with E-state index in [9.17, 15) is 0 Å². The molecule has 0 fully saturated rings. The summed E-state index contributed by atoms with van der Waals surface area (Å²) in [5.74, 6) is 0. The maximum absolute atomic E-state index is 2.57. The fourth-order valence-corrected chi connectivity index (χ4v) is 6.14. The number of allylic oxidation sites excluding steroid dienone is 6. The van der Waals surface area contributed by atoms with E-state index in [1.165, 1.54) is 59.6 Å². The Morgan fingerprint density at radius 2 is 1.46 bits per heavy atom. The molecule has 0 bridgehead atoms. The van der Waals surface area contributed by atoms with E-state index in [0.29, 0.717) is 5.41 Å². The molecule has 0 spiro atoms. The van der Waals surface area contributed by atoms with Crippen LogP contribution in [0, 0.1) is 5.41 Å². The molecule has 0 amide bonds. The van der Waals surface area contributed by atoms with Gasteiger partial charge >= 0.3 is 0 Å². The Morgan fingerprint density at radius 1 is 0.784 bits per heavy atom. The summed E-state index contributed by atoms with van der Waals surface area (Å²) in [7, 11) is 2.18. The van der Waals surface area contributed by atoms with Crippen molar-refractivity contribution in [3.05, 3.63) is 95.7 Å². The number of benzene rings is 2. The molecule has 2 heteroatoms. The lowest BCUT2D eigenvalue weighted by molar-refractivity contribution is -0.401. The summed E-state index contributed by atoms with van der Waals surface area (Å²) in [5, 5.41) is 0. The number of para-hydroxylation sites is 2. The van der Waals surface area contributed by atoms with E-state index in [1.54, 1.807) is 0 Å². The van der Waals surface area contributed by atoms with Gasteiger partial charge in [0.25, 0.3) is 0 Å². The van der Waals surface area contributed by atoms with Crippen LogP contribution in [0.5, 0.6) is 0 Å². The van der Waals surface area contributed by atoms with Crippen LogP contribution in [0.1, 0.15) is 85.3 Å². The highest BCUT2D eigenvalue weighted by Crippen LogP contribution is 2.47. The molecular weight excluding hydrogens is 448 g/mol. The predicted molar refractivity (Wildman–Crippen MR) is 161 cm³/mol. The van der Waals surface area contributed by atoms with Gasteiger partial charge in [-0.2, -0.15) is 4.58 Å². The molecule has 37 heavy (non-hydrogen) atoms. The van der Waals surface area contributed by atoms with Crippen LogP contribution < -0.4 is 4.90 Å². The van der Waals surface area contributed by atoms with Crippen molar-refractivity contribution in [3.8, 4) is 0 Å². The minimum absolute atomic E-state index is 0.000112. The second-order valence-corrected chi connectivity index (χ2v) is 13.0. The first-order chi connectivity index (χ1) is 17.4. The quantitative estimate of drug-likeness (QED) is 0.201. The highest BCUT2D eigenvalue weighted by atomic mass is 15.2. The number of hydrogen-bond donors (Lipinski definition) is 0. The molecular formula is C35H47N2+. The van der Waals surface area contributed by atoms with Crippen molar-refractivity contribution >= 4 is 17.1 Å². The number of unbranched alkanes of at least 4 members (excludes halogenated alkanes) is 2. The van der Waals surface area contributed by atoms with Crippen molar-refractivity contribution in [2.24, 2.45) is 5.41 Å². The standard InChI is InChI=1S/C35H47N2/c1-33(2,3)25-17-10-18-26-37-30-22-16-14-20-28(30)35(6,7)32(37)24-12-9-11-23-31-34(4,5)27-19-13-15-21-29(27)36(31)8/h9,11-16,19-24H,10,17-18,25-26H2,1-8H3/q+1. The number of hydrogen-bond acceptors (Lipinski definition) is 1. The lowest BCUT2D eigenvalue weighted by Gasteiger charge is -2.27. The van der Waals surface area contributed by atoms with Crippen LogP contribution in [0.25, 0.3) is 0 Å². The average molecular weight is 496 g/mol. The van der Waals surface area contributed by atoms with Gasteiger partial charge in [-0.05, 0) is 49.8 Å². The maximum atomic E-state index is 2.57. The summed E-state index contributed by atoms with van der Waals surface area (Å²) in [5.41, 5.74) is 8.67. The molecule has 2 nitrogen and oxygen atoms in total. The third-order valence-corrected chi connectivity index (χ3v) is 8.28. The van der Waals surface area contributed by atoms with Crippen LogP contribution in [0.2, 0.25) is 0 Å². The zero-order chi connectivity index (χ0) is 26.8. The Kier molecular flexibility index (Phi) is 7.70. The van der Waals surface area contributed by atoms with E-state index in [1.807, 2.05) is 0 Å². The Labute approximate surface area is 226 Å². The van der Waals surface area contributed by atoms with Crippen molar-refractivity contribution in [1.82, 2.24) is 0 Å². The highest BCUT2D eigenvalue weighted by Gasteiger charge is 2.42. The topological polar surface area (TPSA) is 6.25 Å². The van der Waals surface area contributed by atoms with Crippen molar-refractivity contribution in [2.75, 3.05) is 18.5 Å². The van der Waals surface area contributed by atoms with E-state index in [-0.39, 0.29) is 10.8 Å². The van der Waals surface area contributed by atoms with E-state index >= 15 is 0 Å². The molecule has 0 saturated carbocycles. The Balaban J connectivity index is 1.50. The molecule has 2 heterocycles. The SMILES string of the molecule is C[N+]1=C(/C=C/C=C/C=C2\N(CCCCCC(C)(C)C)c3ccccc3C2(C)C)C(C)(C)c2ccccc21. The number of rotatable bonds is 8. The molecule has 0 saturated heterocycles. The van der Waals surface area contributed by atoms with E-state index in [2.05, 4.69) is 144 Å². The zero-order valence-corrected chi connectivity index (χ0v) is 24.4. The Hall–Kier alpha value is -2.87. The van der Waals surface area contributed by atoms with Crippen molar-refractivity contribution in [3.63, 3.8) is 0 Å². The van der Waals surface area contributed by atoms with Crippen LogP contribution >= 0.6 is 0 Å². The summed E-state index contributed by atoms with van der Waals surface area (Å²) in [6.07, 6.45) is 16.3. The zero-order valence-electron chi connectivity index (χ0n) is 24.4. The second-order valence-electron chi connectivity index (χ2n) is 13.0. The monoisotopic (exact) mass is 495 g/mol. The van der Waals surface area contributed by atoms with Gasteiger partial charge in [0, 0.05) is 41.1 Å². The molecule has 0 aliphatic carbocycles. The second kappa shape index (κ2) is 10.5. The Morgan fingerprint density at radius 3 is 2.16 bits per heavy atom. The van der Waals surface area contributed by atoms with Crippen LogP contribution in [0.15, 0.2) is 84.6 Å². The van der Waals surface area contributed by atoms with Gasteiger partial charge in [0.05, 0.1) is 5.41 Å². The molecule has 2 aliphatic heterocycles. The van der Waals surface area contributed by atoms with Crippen molar-refractivity contribution < 1.29 is 4.58 Å². The molecule has 2 aromatic carbocycles. The van der Waals surface area contributed by atoms with Crippen molar-refractivity contribution in [2.45, 2.75) is 85.0 Å². The van der Waals surface area contributed by atoms with Gasteiger partial charge in [-0.1, -0.05) is 102 Å². The molecule has 2 aromatic rings. The number of anilines is 1. The summed E-state index contributed by atoms with van der Waals surface area (Å²) < 4.78 is 2.33. The molecule has 2 aliphatic rings. The first kappa shape index (κ1) is 27.2. The van der Waals surface area contributed by atoms with Crippen LogP contribution in [0.4, 0.5) is 11.4 Å². The van der Waals surface area contributed by atoms with Gasteiger partial charge < -0.3 is 4.90 Å². The fourth-order valence-electron chi connectivity index (χ4n) is 6.14. The summed E-state index contributed by atoms with van der Waals surface area (Å²) in [6, 6.07) is 17.7. The van der Waals surface area contributed by atoms with E-state index in [0.717, 1.165) is 6.54 Å². The average Bonchev–Trinajstić information content (AvgIpc) is 3.17. The maximum Gasteiger partial charge on any atom is 0.209 e. The lowest BCUT2D eigenvalue weighted by Crippen LogP contribution is -2.27. The first-order valence-electron chi connectivity index (χ1n) is 14.1. The molecule has 0 unspecified atom stereocenters. The lowest BCUT2D eigenvalue weighted by atomic mass is 9.81. The third-order valence-electron chi connectivity index (χ3n) is 8.28. The van der Waals surface area contributed by atoms with Crippen LogP contribution in [-0.4, -0.2) is 23.9 Å². The van der Waals surface area contributed by atoms with E-state index in [4.69, 9.17) is 0 Å². The molecule has 0 aromatic heterocycles. The largest absolute Gasteiger partial charge is 0.344 e. The molecule has 0 N–H and O–H groups in total. The molecule has 0 radical (unpaired) electrons. The highest BCUT2D eigenvalue weighted by molar-refractivity contribution is 6.03. The summed E-state index contributed by atoms with van der Waals surface area (Å²) in [6.45, 7) is 17.5. The summed E-state index contributed by atoms with van der Waals surface area (Å²) in [4.78, 5) is 2.57. The van der Waals surface area contributed by atoms with E-state index < -0.39 is 0 Å². The van der Waals surface area contributed by atoms with Gasteiger partial charge in [0.2, 0.25) is 5.69 Å². The van der Waals surface area contributed by atoms with Gasteiger partial charge in [0.15, 0.2) is 5.71 Å². The van der Waals surface area contributed by atoms with Crippen LogP contribution in [0.3, 0.4) is 0 Å². The normalized spacial score (nSPS) is 19.5. The van der Waals surface area contributed by atoms with Crippen LogP contribution in [-0.2, 0) is 10.8 Å². The molecule has 196 valence electrons. The Bertz CT molecular complexity index is 1240. The van der Waals surface area contributed by atoms with Gasteiger partial charge in [-0.25, -0.2) is 0 Å². The van der Waals surface area contributed by atoms with Crippen molar-refractivity contribution in [1.29, 1.82) is 0 Å². The number of nitrogens with zero attached hydrogens (tertiary/aromatic N) is 2. The fraction of sp³-hybridized carbons (Fsp3) is 0.457. The first-order valence-corrected chi connectivity index (χ1v) is 14.1. The minimum atomic E-state index is 0.000112. The smallest absolute Gasteiger partial charge is 0.209 e. The minimum Gasteiger partial charge on any atom is -0.344 e.